The molecule has 0 aromatic heterocycles. The maximum Gasteiger partial charge on any atom is 0.127 e. The molecule has 0 aliphatic heterocycles. The minimum absolute atomic E-state index is 0.168. The molecule has 0 radical (unpaired) electrons. The van der Waals surface area contributed by atoms with Crippen LogP contribution >= 0.6 is 0 Å². The summed E-state index contributed by atoms with van der Waals surface area (Å²) >= 11 is 0. The molecule has 102 valence electrons. The zero-order chi connectivity index (χ0) is 13.8. The minimum Gasteiger partial charge on any atom is -0.390 e. The molecule has 0 saturated carbocycles. The van der Waals surface area contributed by atoms with Crippen molar-refractivity contribution in [3.8, 4) is 0 Å². The Morgan fingerprint density at radius 3 is 2.67 bits per heavy atom. The van der Waals surface area contributed by atoms with Gasteiger partial charge >= 0.3 is 0 Å². The second-order valence-corrected chi connectivity index (χ2v) is 5.03. The van der Waals surface area contributed by atoms with E-state index in [-0.39, 0.29) is 6.54 Å². The molecular formula is C13H20F2N2O. The van der Waals surface area contributed by atoms with Gasteiger partial charge in [-0.05, 0) is 23.8 Å². The fraction of sp³-hybridized carbons (Fsp3) is 0.538. The minimum atomic E-state index is -0.627. The molecular weight excluding hydrogens is 238 g/mol. The topological polar surface area (TPSA) is 58.3 Å². The highest BCUT2D eigenvalue weighted by Crippen LogP contribution is 2.25. The molecule has 1 rings (SSSR count). The lowest BCUT2D eigenvalue weighted by Gasteiger charge is -2.26. The number of rotatable bonds is 6. The van der Waals surface area contributed by atoms with E-state index in [2.05, 4.69) is 5.32 Å². The van der Waals surface area contributed by atoms with Crippen LogP contribution in [0.15, 0.2) is 18.2 Å². The van der Waals surface area contributed by atoms with Gasteiger partial charge in [-0.25, -0.2) is 8.78 Å². The molecule has 3 nitrogen and oxygen atoms in total. The summed E-state index contributed by atoms with van der Waals surface area (Å²) in [5.41, 5.74) is 5.03. The molecule has 0 spiro atoms. The van der Waals surface area contributed by atoms with E-state index in [1.165, 1.54) is 6.07 Å². The van der Waals surface area contributed by atoms with Crippen molar-refractivity contribution in [2.75, 3.05) is 19.6 Å². The molecule has 0 heterocycles. The van der Waals surface area contributed by atoms with Gasteiger partial charge in [0.05, 0.1) is 6.10 Å². The van der Waals surface area contributed by atoms with Crippen LogP contribution in [0.1, 0.15) is 19.4 Å². The summed E-state index contributed by atoms with van der Waals surface area (Å²) in [7, 11) is 0. The van der Waals surface area contributed by atoms with Crippen LogP contribution in [0.2, 0.25) is 0 Å². The molecule has 1 atom stereocenters. The first-order valence-corrected chi connectivity index (χ1v) is 5.91. The van der Waals surface area contributed by atoms with Crippen LogP contribution in [0.5, 0.6) is 0 Å². The van der Waals surface area contributed by atoms with Gasteiger partial charge in [0.25, 0.3) is 0 Å². The molecule has 1 aromatic carbocycles. The number of hydrogen-bond donors (Lipinski definition) is 3. The van der Waals surface area contributed by atoms with Gasteiger partial charge in [0.15, 0.2) is 0 Å². The maximum atomic E-state index is 13.7. The van der Waals surface area contributed by atoms with Crippen molar-refractivity contribution >= 4 is 0 Å². The van der Waals surface area contributed by atoms with Crippen molar-refractivity contribution < 1.29 is 13.9 Å². The first kappa shape index (κ1) is 15.0. The fourth-order valence-corrected chi connectivity index (χ4v) is 1.75. The van der Waals surface area contributed by atoms with Crippen LogP contribution in [-0.4, -0.2) is 30.8 Å². The predicted molar refractivity (Wildman–Crippen MR) is 67.3 cm³/mol. The van der Waals surface area contributed by atoms with Gasteiger partial charge in [-0.3, -0.25) is 0 Å². The Morgan fingerprint density at radius 1 is 1.39 bits per heavy atom. The molecule has 0 aliphatic rings. The quantitative estimate of drug-likeness (QED) is 0.717. The third kappa shape index (κ3) is 4.01. The Bertz CT molecular complexity index is 397. The molecule has 1 aromatic rings. The average Bonchev–Trinajstić information content (AvgIpc) is 2.31. The lowest BCUT2D eigenvalue weighted by Crippen LogP contribution is -2.39. The van der Waals surface area contributed by atoms with E-state index in [1.54, 1.807) is 0 Å². The third-order valence-electron chi connectivity index (χ3n) is 2.88. The smallest absolute Gasteiger partial charge is 0.127 e. The largest absolute Gasteiger partial charge is 0.390 e. The van der Waals surface area contributed by atoms with E-state index in [9.17, 15) is 13.9 Å². The second-order valence-electron chi connectivity index (χ2n) is 5.03. The number of nitrogens with two attached hydrogens (primary N) is 1. The zero-order valence-electron chi connectivity index (χ0n) is 10.7. The highest BCUT2D eigenvalue weighted by molar-refractivity contribution is 5.26. The maximum absolute atomic E-state index is 13.7. The van der Waals surface area contributed by atoms with E-state index >= 15 is 0 Å². The van der Waals surface area contributed by atoms with Crippen LogP contribution in [-0.2, 0) is 5.41 Å². The van der Waals surface area contributed by atoms with Crippen LogP contribution in [0, 0.1) is 11.6 Å². The third-order valence-corrected chi connectivity index (χ3v) is 2.88. The zero-order valence-corrected chi connectivity index (χ0v) is 10.7. The van der Waals surface area contributed by atoms with Crippen LogP contribution in [0.3, 0.4) is 0 Å². The number of hydrogen-bond acceptors (Lipinski definition) is 3. The first-order valence-electron chi connectivity index (χ1n) is 5.91. The summed E-state index contributed by atoms with van der Waals surface area (Å²) in [6, 6.07) is 3.43. The number of nitrogens with one attached hydrogen (secondary N) is 1. The number of benzene rings is 1. The summed E-state index contributed by atoms with van der Waals surface area (Å²) in [6.07, 6.45) is -0.627. The van der Waals surface area contributed by atoms with Crippen LogP contribution in [0.4, 0.5) is 8.78 Å². The summed E-state index contributed by atoms with van der Waals surface area (Å²) in [5, 5.41) is 12.3. The van der Waals surface area contributed by atoms with E-state index in [0.29, 0.717) is 18.7 Å². The van der Waals surface area contributed by atoms with Gasteiger partial charge in [-0.1, -0.05) is 13.8 Å². The highest BCUT2D eigenvalue weighted by Gasteiger charge is 2.24. The lowest BCUT2D eigenvalue weighted by molar-refractivity contribution is 0.177. The van der Waals surface area contributed by atoms with Crippen LogP contribution < -0.4 is 11.1 Å². The van der Waals surface area contributed by atoms with Gasteiger partial charge in [0.1, 0.15) is 11.6 Å². The van der Waals surface area contributed by atoms with E-state index < -0.39 is 23.2 Å². The van der Waals surface area contributed by atoms with Gasteiger partial charge < -0.3 is 16.2 Å². The molecule has 0 aliphatic carbocycles. The van der Waals surface area contributed by atoms with E-state index in [1.807, 2.05) is 13.8 Å². The summed E-state index contributed by atoms with van der Waals surface area (Å²) in [6.45, 7) is 4.54. The molecule has 0 amide bonds. The predicted octanol–water partition coefficient (Wildman–Crippen LogP) is 1.15. The van der Waals surface area contributed by atoms with E-state index in [4.69, 9.17) is 5.73 Å². The number of aliphatic hydroxyl groups excluding tert-OH is 1. The molecule has 4 N–H and O–H groups in total. The number of halogens is 2. The first-order chi connectivity index (χ1) is 8.36. The van der Waals surface area contributed by atoms with E-state index in [0.717, 1.165) is 12.1 Å². The van der Waals surface area contributed by atoms with Gasteiger partial charge in [-0.15, -0.1) is 0 Å². The molecule has 0 fully saturated rings. The standard InChI is InChI=1S/C13H20F2N2O/c1-13(2,8-17-7-10(18)6-16)11-5-9(14)3-4-12(11)15/h3-5,10,17-18H,6-8,16H2,1-2H3. The molecule has 0 saturated heterocycles. The molecule has 1 unspecified atom stereocenters. The lowest BCUT2D eigenvalue weighted by atomic mass is 9.84. The van der Waals surface area contributed by atoms with Gasteiger partial charge in [0.2, 0.25) is 0 Å². The highest BCUT2D eigenvalue weighted by atomic mass is 19.1. The summed E-state index contributed by atoms with van der Waals surface area (Å²) < 4.78 is 26.8. The normalized spacial score (nSPS) is 13.7. The van der Waals surface area contributed by atoms with Crippen molar-refractivity contribution in [3.63, 3.8) is 0 Å². The molecule has 18 heavy (non-hydrogen) atoms. The Labute approximate surface area is 106 Å². The Kier molecular flexibility index (Phi) is 5.19. The Balaban J connectivity index is 2.70. The van der Waals surface area contributed by atoms with Crippen LogP contribution in [0.25, 0.3) is 0 Å². The van der Waals surface area contributed by atoms with Gasteiger partial charge in [-0.2, -0.15) is 0 Å². The number of aliphatic hydroxyl groups is 1. The second kappa shape index (κ2) is 6.22. The Morgan fingerprint density at radius 2 is 2.06 bits per heavy atom. The van der Waals surface area contributed by atoms with Crippen molar-refractivity contribution in [3.05, 3.63) is 35.4 Å². The van der Waals surface area contributed by atoms with Crippen molar-refractivity contribution in [1.29, 1.82) is 0 Å². The molecule has 0 bridgehead atoms. The van der Waals surface area contributed by atoms with Crippen molar-refractivity contribution in [2.24, 2.45) is 5.73 Å². The van der Waals surface area contributed by atoms with Gasteiger partial charge in [0, 0.05) is 25.0 Å². The summed E-state index contributed by atoms with van der Waals surface area (Å²) in [5.74, 6) is -0.885. The average molecular weight is 258 g/mol. The SMILES string of the molecule is CC(C)(CNCC(O)CN)c1cc(F)ccc1F. The monoisotopic (exact) mass is 258 g/mol. The van der Waals surface area contributed by atoms with Crippen molar-refractivity contribution in [2.45, 2.75) is 25.4 Å². The molecule has 5 heteroatoms. The summed E-state index contributed by atoms with van der Waals surface area (Å²) in [4.78, 5) is 0. The fourth-order valence-electron chi connectivity index (χ4n) is 1.75. The Hall–Kier alpha value is -1.04. The van der Waals surface area contributed by atoms with Crippen molar-refractivity contribution in [1.82, 2.24) is 5.32 Å².